The maximum Gasteiger partial charge on any atom is 0.150 e. The number of nitrogens with zero attached hydrogens (tertiary/aromatic N) is 1. The Labute approximate surface area is 98.1 Å². The summed E-state index contributed by atoms with van der Waals surface area (Å²) < 4.78 is 23.0. The molecule has 0 spiro atoms. The lowest BCUT2D eigenvalue weighted by Crippen LogP contribution is -2.58. The molecular formula is C11H22N2O2S. The molecule has 0 unspecified atom stereocenters. The highest BCUT2D eigenvalue weighted by atomic mass is 32.2. The Morgan fingerprint density at radius 1 is 1.31 bits per heavy atom. The van der Waals surface area contributed by atoms with Gasteiger partial charge in [-0.25, -0.2) is 8.42 Å². The zero-order chi connectivity index (χ0) is 11.8. The van der Waals surface area contributed by atoms with Crippen LogP contribution in [-0.2, 0) is 9.84 Å². The lowest BCUT2D eigenvalue weighted by atomic mass is 9.89. The molecule has 0 aromatic carbocycles. The molecule has 1 aliphatic carbocycles. The molecule has 0 radical (unpaired) electrons. The molecule has 1 saturated carbocycles. The van der Waals surface area contributed by atoms with Gasteiger partial charge in [0.1, 0.15) is 9.84 Å². The van der Waals surface area contributed by atoms with E-state index in [4.69, 9.17) is 5.73 Å². The molecule has 2 fully saturated rings. The molecule has 0 amide bonds. The van der Waals surface area contributed by atoms with Gasteiger partial charge in [-0.05, 0) is 32.2 Å². The van der Waals surface area contributed by atoms with E-state index in [1.54, 1.807) is 0 Å². The van der Waals surface area contributed by atoms with E-state index in [1.165, 1.54) is 12.8 Å². The minimum absolute atomic E-state index is 0.0404. The molecule has 16 heavy (non-hydrogen) atoms. The minimum Gasteiger partial charge on any atom is -0.329 e. The van der Waals surface area contributed by atoms with Crippen molar-refractivity contribution < 1.29 is 8.42 Å². The van der Waals surface area contributed by atoms with E-state index in [9.17, 15) is 8.42 Å². The highest BCUT2D eigenvalue weighted by molar-refractivity contribution is 7.91. The van der Waals surface area contributed by atoms with Crippen LogP contribution in [-0.4, -0.2) is 49.5 Å². The highest BCUT2D eigenvalue weighted by Gasteiger charge is 2.45. The van der Waals surface area contributed by atoms with Crippen molar-refractivity contribution in [1.82, 2.24) is 4.90 Å². The fraction of sp³-hybridized carbons (Fsp3) is 1.00. The number of hydrogen-bond donors (Lipinski definition) is 1. The molecule has 0 aromatic heterocycles. The Bertz CT molecular complexity index is 335. The molecule has 1 aliphatic heterocycles. The quantitative estimate of drug-likeness (QED) is 0.779. The molecule has 0 bridgehead atoms. The van der Waals surface area contributed by atoms with Crippen molar-refractivity contribution in [2.24, 2.45) is 5.73 Å². The molecule has 1 heterocycles. The first-order chi connectivity index (χ1) is 7.53. The average molecular weight is 246 g/mol. The molecule has 0 aromatic rings. The van der Waals surface area contributed by atoms with Crippen molar-refractivity contribution in [2.75, 3.05) is 24.6 Å². The van der Waals surface area contributed by atoms with Crippen molar-refractivity contribution in [3.63, 3.8) is 0 Å². The monoisotopic (exact) mass is 246 g/mol. The Balaban J connectivity index is 2.13. The van der Waals surface area contributed by atoms with Crippen LogP contribution in [0, 0.1) is 0 Å². The van der Waals surface area contributed by atoms with Crippen LogP contribution in [0.2, 0.25) is 0 Å². The Morgan fingerprint density at radius 2 is 1.88 bits per heavy atom. The zero-order valence-corrected chi connectivity index (χ0v) is 10.8. The summed E-state index contributed by atoms with van der Waals surface area (Å²) in [5.41, 5.74) is 5.89. The Hall–Kier alpha value is -0.130. The second kappa shape index (κ2) is 4.27. The molecule has 2 N–H and O–H groups in total. The van der Waals surface area contributed by atoms with Crippen LogP contribution < -0.4 is 5.73 Å². The van der Waals surface area contributed by atoms with Gasteiger partial charge in [-0.1, -0.05) is 6.92 Å². The summed E-state index contributed by atoms with van der Waals surface area (Å²) in [6, 6.07) is 0.661. The number of likely N-dealkylation sites (N-methyl/N-ethyl adjacent to an activating group) is 1. The molecule has 2 rings (SSSR count). The van der Waals surface area contributed by atoms with Gasteiger partial charge in [-0.15, -0.1) is 0 Å². The van der Waals surface area contributed by atoms with E-state index in [1.807, 2.05) is 0 Å². The van der Waals surface area contributed by atoms with Crippen molar-refractivity contribution in [3.05, 3.63) is 0 Å². The summed E-state index contributed by atoms with van der Waals surface area (Å²) in [5.74, 6) is 0.626. The van der Waals surface area contributed by atoms with Gasteiger partial charge in [-0.2, -0.15) is 0 Å². The second-order valence-corrected chi connectivity index (χ2v) is 7.40. The molecule has 94 valence electrons. The standard InChI is InChI=1S/C11H22N2O2S/c1-2-13(10-3-4-10)11(9-12)5-7-16(14,15)8-6-11/h10H,2-9,12H2,1H3. The predicted octanol–water partition coefficient (Wildman–Crippen LogP) is 0.377. The van der Waals surface area contributed by atoms with Gasteiger partial charge in [0, 0.05) is 18.1 Å². The van der Waals surface area contributed by atoms with E-state index in [0.717, 1.165) is 19.4 Å². The fourth-order valence-corrected chi connectivity index (χ4v) is 4.48. The SMILES string of the molecule is CCN(C1CC1)C1(CN)CCS(=O)(=O)CC1. The van der Waals surface area contributed by atoms with Gasteiger partial charge >= 0.3 is 0 Å². The highest BCUT2D eigenvalue weighted by Crippen LogP contribution is 2.38. The van der Waals surface area contributed by atoms with E-state index in [0.29, 0.717) is 24.1 Å². The summed E-state index contributed by atoms with van der Waals surface area (Å²) in [5, 5.41) is 0. The van der Waals surface area contributed by atoms with Gasteiger partial charge in [-0.3, -0.25) is 4.90 Å². The lowest BCUT2D eigenvalue weighted by molar-refractivity contribution is 0.0802. The van der Waals surface area contributed by atoms with E-state index < -0.39 is 9.84 Å². The third-order valence-electron chi connectivity index (χ3n) is 4.07. The Morgan fingerprint density at radius 3 is 2.25 bits per heavy atom. The molecular weight excluding hydrogens is 224 g/mol. The molecule has 2 aliphatic rings. The van der Waals surface area contributed by atoms with Crippen molar-refractivity contribution in [2.45, 2.75) is 44.2 Å². The summed E-state index contributed by atoms with van der Waals surface area (Å²) in [4.78, 5) is 2.46. The van der Waals surface area contributed by atoms with E-state index in [-0.39, 0.29) is 5.54 Å². The maximum atomic E-state index is 11.5. The van der Waals surface area contributed by atoms with Crippen LogP contribution in [0.4, 0.5) is 0 Å². The van der Waals surface area contributed by atoms with Gasteiger partial charge in [0.25, 0.3) is 0 Å². The predicted molar refractivity (Wildman–Crippen MR) is 65.1 cm³/mol. The summed E-state index contributed by atoms with van der Waals surface area (Å²) in [6.07, 6.45) is 3.94. The van der Waals surface area contributed by atoms with Gasteiger partial charge in [0.15, 0.2) is 0 Å². The zero-order valence-electron chi connectivity index (χ0n) is 9.98. The number of nitrogens with two attached hydrogens (primary N) is 1. The summed E-state index contributed by atoms with van der Waals surface area (Å²) in [7, 11) is -2.79. The third-order valence-corrected chi connectivity index (χ3v) is 5.73. The van der Waals surface area contributed by atoms with Crippen molar-refractivity contribution in [3.8, 4) is 0 Å². The van der Waals surface area contributed by atoms with Crippen LogP contribution >= 0.6 is 0 Å². The number of hydrogen-bond acceptors (Lipinski definition) is 4. The van der Waals surface area contributed by atoms with E-state index in [2.05, 4.69) is 11.8 Å². The van der Waals surface area contributed by atoms with Crippen LogP contribution in [0.5, 0.6) is 0 Å². The molecule has 5 heteroatoms. The molecule has 4 nitrogen and oxygen atoms in total. The third kappa shape index (κ3) is 2.26. The Kier molecular flexibility index (Phi) is 3.29. The van der Waals surface area contributed by atoms with E-state index >= 15 is 0 Å². The average Bonchev–Trinajstić information content (AvgIpc) is 3.06. The largest absolute Gasteiger partial charge is 0.329 e. The van der Waals surface area contributed by atoms with Crippen LogP contribution in [0.25, 0.3) is 0 Å². The number of rotatable bonds is 4. The first-order valence-electron chi connectivity index (χ1n) is 6.20. The van der Waals surface area contributed by atoms with Crippen LogP contribution in [0.15, 0.2) is 0 Å². The smallest absolute Gasteiger partial charge is 0.150 e. The minimum atomic E-state index is -2.79. The van der Waals surface area contributed by atoms with Crippen LogP contribution in [0.3, 0.4) is 0 Å². The van der Waals surface area contributed by atoms with Crippen molar-refractivity contribution >= 4 is 9.84 Å². The molecule has 0 atom stereocenters. The summed E-state index contributed by atoms with van der Waals surface area (Å²) >= 11 is 0. The summed E-state index contributed by atoms with van der Waals surface area (Å²) in [6.45, 7) is 3.73. The molecule has 1 saturated heterocycles. The van der Waals surface area contributed by atoms with Gasteiger partial charge in [0.05, 0.1) is 11.5 Å². The van der Waals surface area contributed by atoms with Gasteiger partial charge in [0.2, 0.25) is 0 Å². The first kappa shape index (κ1) is 12.3. The maximum absolute atomic E-state index is 11.5. The van der Waals surface area contributed by atoms with Crippen molar-refractivity contribution in [1.29, 1.82) is 0 Å². The normalized spacial score (nSPS) is 28.2. The fourth-order valence-electron chi connectivity index (χ4n) is 2.89. The number of sulfone groups is 1. The lowest BCUT2D eigenvalue weighted by Gasteiger charge is -2.45. The topological polar surface area (TPSA) is 63.4 Å². The second-order valence-electron chi connectivity index (χ2n) is 5.10. The first-order valence-corrected chi connectivity index (χ1v) is 8.02. The van der Waals surface area contributed by atoms with Crippen LogP contribution in [0.1, 0.15) is 32.6 Å². The van der Waals surface area contributed by atoms with Gasteiger partial charge < -0.3 is 5.73 Å².